The number of aliphatic imine (C=N–C) groups is 1. The highest BCUT2D eigenvalue weighted by Gasteiger charge is 2.41. The Hall–Kier alpha value is -2.58. The zero-order valence-electron chi connectivity index (χ0n) is 16.7. The summed E-state index contributed by atoms with van der Waals surface area (Å²) < 4.78 is 0. The van der Waals surface area contributed by atoms with Crippen LogP contribution in [0.3, 0.4) is 0 Å². The van der Waals surface area contributed by atoms with Crippen molar-refractivity contribution in [1.82, 2.24) is 5.32 Å². The lowest BCUT2D eigenvalue weighted by Gasteiger charge is -2.30. The summed E-state index contributed by atoms with van der Waals surface area (Å²) in [6.07, 6.45) is 1.39. The summed E-state index contributed by atoms with van der Waals surface area (Å²) in [5.74, 6) is -2.24. The number of nitrogens with zero attached hydrogens (tertiary/aromatic N) is 2. The van der Waals surface area contributed by atoms with E-state index in [-0.39, 0.29) is 0 Å². The first kappa shape index (κ1) is 20.2. The lowest BCUT2D eigenvalue weighted by atomic mass is 10.0. The summed E-state index contributed by atoms with van der Waals surface area (Å²) in [4.78, 5) is 44.5. The van der Waals surface area contributed by atoms with Crippen LogP contribution in [0.2, 0.25) is 0 Å². The van der Waals surface area contributed by atoms with Crippen molar-refractivity contribution in [2.24, 2.45) is 10.9 Å². The largest absolute Gasteiger partial charge is 0.337 e. The van der Waals surface area contributed by atoms with Crippen molar-refractivity contribution in [3.05, 3.63) is 28.8 Å². The Balaban J connectivity index is 1.74. The molecule has 2 aliphatic rings. The Morgan fingerprint density at radius 1 is 1.18 bits per heavy atom. The summed E-state index contributed by atoms with van der Waals surface area (Å²) in [5, 5.41) is 4.60. The Bertz CT molecular complexity index is 791. The number of nitrogens with two attached hydrogens (primary N) is 1. The molecule has 1 aromatic rings. The van der Waals surface area contributed by atoms with Gasteiger partial charge in [0.1, 0.15) is 26.2 Å². The minimum Gasteiger partial charge on any atom is -0.337 e. The van der Waals surface area contributed by atoms with Gasteiger partial charge in [-0.25, -0.2) is 9.69 Å². The van der Waals surface area contributed by atoms with Crippen LogP contribution in [-0.2, 0) is 9.59 Å². The first-order chi connectivity index (χ1) is 13.4. The molecule has 150 valence electrons. The van der Waals surface area contributed by atoms with Gasteiger partial charge in [0.25, 0.3) is 5.91 Å². The van der Waals surface area contributed by atoms with E-state index < -0.39 is 23.8 Å². The topological polar surface area (TPSA) is 99.9 Å². The van der Waals surface area contributed by atoms with Gasteiger partial charge in [-0.1, -0.05) is 17.7 Å². The van der Waals surface area contributed by atoms with Gasteiger partial charge in [-0.3, -0.25) is 19.9 Å². The molecule has 0 aromatic heterocycles. The average molecular weight is 387 g/mol. The van der Waals surface area contributed by atoms with E-state index in [9.17, 15) is 14.4 Å². The number of anilines is 1. The Kier molecular flexibility index (Phi) is 6.21. The molecule has 0 bridgehead atoms. The molecule has 2 saturated heterocycles. The van der Waals surface area contributed by atoms with Gasteiger partial charge in [0, 0.05) is 6.21 Å². The monoisotopic (exact) mass is 387 g/mol. The second-order valence-corrected chi connectivity index (χ2v) is 7.61. The van der Waals surface area contributed by atoms with Gasteiger partial charge in [-0.2, -0.15) is 0 Å². The fourth-order valence-corrected chi connectivity index (χ4v) is 3.99. The van der Waals surface area contributed by atoms with Gasteiger partial charge >= 0.3 is 6.03 Å². The molecule has 2 aliphatic heterocycles. The first-order valence-electron chi connectivity index (χ1n) is 9.80. The molecule has 8 nitrogen and oxygen atoms in total. The van der Waals surface area contributed by atoms with Crippen LogP contribution in [0.25, 0.3) is 0 Å². The van der Waals surface area contributed by atoms with Crippen molar-refractivity contribution in [3.63, 3.8) is 0 Å². The zero-order chi connectivity index (χ0) is 20.3. The normalized spacial score (nSPS) is 21.5. The predicted molar refractivity (Wildman–Crippen MR) is 106 cm³/mol. The third-order valence-corrected chi connectivity index (χ3v) is 5.31. The maximum atomic E-state index is 13.0. The number of nitrogens with one attached hydrogen (secondary N) is 2. The minimum absolute atomic E-state index is 0.535. The van der Waals surface area contributed by atoms with Crippen molar-refractivity contribution >= 4 is 29.7 Å². The maximum absolute atomic E-state index is 13.0. The van der Waals surface area contributed by atoms with Crippen LogP contribution in [0.15, 0.2) is 17.1 Å². The van der Waals surface area contributed by atoms with Crippen LogP contribution >= 0.6 is 0 Å². The molecule has 4 N–H and O–H groups in total. The van der Waals surface area contributed by atoms with Gasteiger partial charge in [0.05, 0.1) is 18.8 Å². The van der Waals surface area contributed by atoms with Crippen molar-refractivity contribution in [2.45, 2.75) is 20.8 Å². The van der Waals surface area contributed by atoms with E-state index in [0.717, 1.165) is 54.3 Å². The lowest BCUT2D eigenvalue weighted by Crippen LogP contribution is -3.20. The van der Waals surface area contributed by atoms with E-state index >= 15 is 0 Å². The van der Waals surface area contributed by atoms with Crippen molar-refractivity contribution < 1.29 is 24.6 Å². The van der Waals surface area contributed by atoms with E-state index in [2.05, 4.69) is 15.6 Å². The minimum atomic E-state index is -1.08. The SMILES string of the molecule is Cc1cc(C)c(N2C(=O)NC(=O)[C@@H](C=NCC[NH+]3CC[NH2+]CC3)C2=O)c(C)c1. The second kappa shape index (κ2) is 8.62. The molecule has 0 unspecified atom stereocenters. The molecule has 0 aliphatic carbocycles. The number of amides is 4. The number of carbonyl (C=O) groups is 3. The number of barbiturate groups is 1. The van der Waals surface area contributed by atoms with Crippen LogP contribution in [-0.4, -0.2) is 63.3 Å². The van der Waals surface area contributed by atoms with E-state index in [1.165, 1.54) is 11.1 Å². The third-order valence-electron chi connectivity index (χ3n) is 5.31. The van der Waals surface area contributed by atoms with Gasteiger partial charge in [0.15, 0.2) is 5.92 Å². The first-order valence-corrected chi connectivity index (χ1v) is 9.80. The predicted octanol–water partition coefficient (Wildman–Crippen LogP) is -1.66. The van der Waals surface area contributed by atoms with Crippen molar-refractivity contribution in [1.29, 1.82) is 0 Å². The van der Waals surface area contributed by atoms with Crippen molar-refractivity contribution in [3.8, 4) is 0 Å². The number of rotatable bonds is 5. The van der Waals surface area contributed by atoms with Crippen LogP contribution in [0.5, 0.6) is 0 Å². The number of hydrogen-bond donors (Lipinski definition) is 3. The molecule has 0 radical (unpaired) electrons. The number of carbonyl (C=O) groups excluding carboxylic acids is 3. The molecule has 2 fully saturated rings. The molecule has 8 heteroatoms. The third kappa shape index (κ3) is 4.28. The van der Waals surface area contributed by atoms with Gasteiger partial charge < -0.3 is 10.2 Å². The highest BCUT2D eigenvalue weighted by Crippen LogP contribution is 2.29. The van der Waals surface area contributed by atoms with E-state index in [1.807, 2.05) is 32.9 Å². The summed E-state index contributed by atoms with van der Waals surface area (Å²) in [7, 11) is 0. The van der Waals surface area contributed by atoms with Crippen LogP contribution < -0.4 is 20.4 Å². The van der Waals surface area contributed by atoms with E-state index in [4.69, 9.17) is 0 Å². The van der Waals surface area contributed by atoms with Crippen LogP contribution in [0.4, 0.5) is 10.5 Å². The standard InChI is InChI=1S/C20H27N5O3/c1-13-10-14(2)17(15(3)11-13)25-19(27)16(18(26)23-20(25)28)12-22-6-9-24-7-4-21-5-8-24/h10-12,16,21H,4-9H2,1-3H3,(H,23,26,28)/p+2/t16-/m1/s1. The van der Waals surface area contributed by atoms with E-state index in [1.54, 1.807) is 0 Å². The molecule has 0 spiro atoms. The quantitative estimate of drug-likeness (QED) is 0.417. The lowest BCUT2D eigenvalue weighted by molar-refractivity contribution is -0.945. The van der Waals surface area contributed by atoms with Gasteiger partial charge in [0.2, 0.25) is 5.91 Å². The van der Waals surface area contributed by atoms with Crippen molar-refractivity contribution in [2.75, 3.05) is 44.2 Å². The maximum Gasteiger partial charge on any atom is 0.335 e. The number of benzene rings is 1. The molecule has 28 heavy (non-hydrogen) atoms. The number of aryl methyl sites for hydroxylation is 3. The summed E-state index contributed by atoms with van der Waals surface area (Å²) >= 11 is 0. The molecule has 0 saturated carbocycles. The number of hydrogen-bond acceptors (Lipinski definition) is 4. The summed E-state index contributed by atoms with van der Waals surface area (Å²) in [6.45, 7) is 11.6. The molecular weight excluding hydrogens is 358 g/mol. The number of imide groups is 2. The number of quaternary nitrogens is 2. The smallest absolute Gasteiger partial charge is 0.335 e. The fraction of sp³-hybridized carbons (Fsp3) is 0.500. The molecule has 1 atom stereocenters. The highest BCUT2D eigenvalue weighted by atomic mass is 16.2. The van der Waals surface area contributed by atoms with Gasteiger partial charge in [-0.05, 0) is 31.9 Å². The molecule has 3 rings (SSSR count). The van der Waals surface area contributed by atoms with Gasteiger partial charge in [-0.15, -0.1) is 0 Å². The summed E-state index contributed by atoms with van der Waals surface area (Å²) in [6, 6.07) is 3.13. The van der Waals surface area contributed by atoms with E-state index in [0.29, 0.717) is 12.2 Å². The molecule has 1 aromatic carbocycles. The highest BCUT2D eigenvalue weighted by molar-refractivity contribution is 6.32. The van der Waals surface area contributed by atoms with Crippen LogP contribution in [0, 0.1) is 26.7 Å². The number of urea groups is 1. The Morgan fingerprint density at radius 3 is 2.46 bits per heavy atom. The second-order valence-electron chi connectivity index (χ2n) is 7.61. The average Bonchev–Trinajstić information content (AvgIpc) is 2.63. The molecular formula is C20H29N5O3+2. The molecule has 4 amide bonds. The van der Waals surface area contributed by atoms with Crippen LogP contribution in [0.1, 0.15) is 16.7 Å². The zero-order valence-corrected chi connectivity index (χ0v) is 16.7. The molecule has 2 heterocycles. The fourth-order valence-electron chi connectivity index (χ4n) is 3.99. The number of piperazine rings is 1. The summed E-state index contributed by atoms with van der Waals surface area (Å²) in [5.41, 5.74) is 3.22. The Labute approximate surface area is 165 Å². The Morgan fingerprint density at radius 2 is 1.82 bits per heavy atom.